The molecule has 0 spiro atoms. The van der Waals surface area contributed by atoms with Gasteiger partial charge in [0.05, 0.1) is 6.04 Å². The Kier molecular flexibility index (Phi) is 3.87. The molecule has 2 aromatic rings. The average Bonchev–Trinajstić information content (AvgIpc) is 2.93. The predicted octanol–water partition coefficient (Wildman–Crippen LogP) is 3.82. The van der Waals surface area contributed by atoms with Gasteiger partial charge in [-0.05, 0) is 60.4 Å². The highest BCUT2D eigenvalue weighted by Crippen LogP contribution is 2.42. The number of thiophene rings is 1. The van der Waals surface area contributed by atoms with E-state index < -0.39 is 0 Å². The molecule has 3 N–H and O–H groups in total. The second kappa shape index (κ2) is 5.64. The molecule has 2 nitrogen and oxygen atoms in total. The summed E-state index contributed by atoms with van der Waals surface area (Å²) < 4.78 is 13.4. The summed E-state index contributed by atoms with van der Waals surface area (Å²) in [6.07, 6.45) is 3.48. The molecule has 1 heterocycles. The highest BCUT2D eigenvalue weighted by molar-refractivity contribution is 7.10. The first kappa shape index (κ1) is 13.7. The van der Waals surface area contributed by atoms with Crippen LogP contribution in [-0.2, 0) is 6.42 Å². The molecule has 1 aliphatic carbocycles. The molecule has 2 unspecified atom stereocenters. The monoisotopic (exact) mass is 290 g/mol. The molecule has 2 atom stereocenters. The fourth-order valence-corrected chi connectivity index (χ4v) is 4.17. The van der Waals surface area contributed by atoms with Crippen LogP contribution < -0.4 is 11.3 Å². The zero-order valence-electron chi connectivity index (χ0n) is 11.5. The minimum Gasteiger partial charge on any atom is -0.271 e. The first-order valence-electron chi connectivity index (χ1n) is 6.99. The molecule has 0 radical (unpaired) electrons. The minimum absolute atomic E-state index is 0.0444. The third-order valence-corrected chi connectivity index (χ3v) is 5.22. The van der Waals surface area contributed by atoms with Crippen molar-refractivity contribution in [2.75, 3.05) is 0 Å². The van der Waals surface area contributed by atoms with Gasteiger partial charge in [-0.2, -0.15) is 0 Å². The topological polar surface area (TPSA) is 38.0 Å². The lowest BCUT2D eigenvalue weighted by Crippen LogP contribution is -2.33. The van der Waals surface area contributed by atoms with Gasteiger partial charge in [0.1, 0.15) is 5.82 Å². The normalized spacial score (nSPS) is 19.6. The van der Waals surface area contributed by atoms with Gasteiger partial charge < -0.3 is 0 Å². The van der Waals surface area contributed by atoms with Gasteiger partial charge in [0.15, 0.2) is 0 Å². The van der Waals surface area contributed by atoms with Gasteiger partial charge in [-0.15, -0.1) is 11.3 Å². The van der Waals surface area contributed by atoms with Crippen LogP contribution in [-0.4, -0.2) is 0 Å². The van der Waals surface area contributed by atoms with Crippen molar-refractivity contribution in [3.8, 4) is 0 Å². The number of hydrogen-bond acceptors (Lipinski definition) is 3. The Morgan fingerprint density at radius 3 is 3.00 bits per heavy atom. The Bertz CT molecular complexity index is 608. The van der Waals surface area contributed by atoms with Crippen LogP contribution in [0.4, 0.5) is 4.39 Å². The zero-order chi connectivity index (χ0) is 14.1. The predicted molar refractivity (Wildman–Crippen MR) is 81.2 cm³/mol. The van der Waals surface area contributed by atoms with Crippen molar-refractivity contribution in [3.63, 3.8) is 0 Å². The van der Waals surface area contributed by atoms with Gasteiger partial charge in [-0.1, -0.05) is 12.1 Å². The number of fused-ring (bicyclic) bond motifs is 1. The van der Waals surface area contributed by atoms with Crippen molar-refractivity contribution in [1.29, 1.82) is 0 Å². The highest BCUT2D eigenvalue weighted by atomic mass is 32.1. The Labute approximate surface area is 122 Å². The van der Waals surface area contributed by atoms with Crippen molar-refractivity contribution in [1.82, 2.24) is 5.43 Å². The molecule has 1 aliphatic rings. The number of halogens is 1. The van der Waals surface area contributed by atoms with E-state index in [-0.39, 0.29) is 11.9 Å². The van der Waals surface area contributed by atoms with E-state index in [0.29, 0.717) is 11.5 Å². The SMILES string of the molecule is Cc1cc(C(NN)C2CCCc3sccc32)ccc1F. The Balaban J connectivity index is 1.97. The molecular weight excluding hydrogens is 271 g/mol. The van der Waals surface area contributed by atoms with Gasteiger partial charge in [-0.3, -0.25) is 11.3 Å². The molecule has 1 aromatic carbocycles. The summed E-state index contributed by atoms with van der Waals surface area (Å²) >= 11 is 1.83. The lowest BCUT2D eigenvalue weighted by Gasteiger charge is -2.30. The van der Waals surface area contributed by atoms with Crippen LogP contribution >= 0.6 is 11.3 Å². The van der Waals surface area contributed by atoms with Crippen molar-refractivity contribution >= 4 is 11.3 Å². The number of hydrogen-bond donors (Lipinski definition) is 2. The number of aryl methyl sites for hydroxylation is 2. The van der Waals surface area contributed by atoms with Crippen molar-refractivity contribution in [2.45, 2.75) is 38.1 Å². The summed E-state index contributed by atoms with van der Waals surface area (Å²) in [5.41, 5.74) is 6.09. The van der Waals surface area contributed by atoms with E-state index in [2.05, 4.69) is 16.9 Å². The third-order valence-electron chi connectivity index (χ3n) is 4.22. The van der Waals surface area contributed by atoms with Crippen LogP contribution in [0.2, 0.25) is 0 Å². The number of nitrogens with one attached hydrogen (secondary N) is 1. The van der Waals surface area contributed by atoms with E-state index in [9.17, 15) is 4.39 Å². The van der Waals surface area contributed by atoms with Gasteiger partial charge >= 0.3 is 0 Å². The first-order valence-corrected chi connectivity index (χ1v) is 7.87. The van der Waals surface area contributed by atoms with Crippen molar-refractivity contribution in [3.05, 3.63) is 57.0 Å². The van der Waals surface area contributed by atoms with Crippen LogP contribution in [0, 0.1) is 12.7 Å². The fraction of sp³-hybridized carbons (Fsp3) is 0.375. The minimum atomic E-state index is -0.163. The first-order chi connectivity index (χ1) is 9.70. The number of rotatable bonds is 3. The van der Waals surface area contributed by atoms with E-state index >= 15 is 0 Å². The average molecular weight is 290 g/mol. The molecule has 1 aromatic heterocycles. The molecule has 106 valence electrons. The van der Waals surface area contributed by atoms with Crippen LogP contribution in [0.1, 0.15) is 46.4 Å². The number of hydrazine groups is 1. The molecule has 0 aliphatic heterocycles. The molecule has 0 saturated carbocycles. The maximum atomic E-state index is 13.4. The lowest BCUT2D eigenvalue weighted by molar-refractivity contribution is 0.410. The quantitative estimate of drug-likeness (QED) is 0.666. The lowest BCUT2D eigenvalue weighted by atomic mass is 9.80. The maximum absolute atomic E-state index is 13.4. The molecular formula is C16H19FN2S. The number of nitrogens with two attached hydrogens (primary N) is 1. The molecule has 0 amide bonds. The summed E-state index contributed by atoms with van der Waals surface area (Å²) in [7, 11) is 0. The molecule has 3 rings (SSSR count). The fourth-order valence-electron chi connectivity index (χ4n) is 3.17. The van der Waals surface area contributed by atoms with Crippen molar-refractivity contribution in [2.24, 2.45) is 5.84 Å². The molecule has 0 fully saturated rings. The highest BCUT2D eigenvalue weighted by Gasteiger charge is 2.29. The summed E-state index contributed by atoms with van der Waals surface area (Å²) in [5.74, 6) is 6.02. The standard InChI is InChI=1S/C16H19FN2S/c1-10-9-11(5-6-14(10)17)16(19-18)13-3-2-4-15-12(13)7-8-20-15/h5-9,13,16,19H,2-4,18H2,1H3. The Morgan fingerprint density at radius 2 is 2.25 bits per heavy atom. The zero-order valence-corrected chi connectivity index (χ0v) is 12.3. The smallest absolute Gasteiger partial charge is 0.126 e. The molecule has 0 saturated heterocycles. The van der Waals surface area contributed by atoms with Gasteiger partial charge in [0.2, 0.25) is 0 Å². The summed E-state index contributed by atoms with van der Waals surface area (Å²) in [6.45, 7) is 1.79. The van der Waals surface area contributed by atoms with Crippen LogP contribution in [0.25, 0.3) is 0 Å². The van der Waals surface area contributed by atoms with E-state index in [0.717, 1.165) is 12.0 Å². The summed E-state index contributed by atoms with van der Waals surface area (Å²) in [4.78, 5) is 1.47. The second-order valence-electron chi connectivity index (χ2n) is 5.45. The van der Waals surface area contributed by atoms with E-state index in [1.165, 1.54) is 29.3 Å². The van der Waals surface area contributed by atoms with Gasteiger partial charge in [-0.25, -0.2) is 4.39 Å². The molecule has 4 heteroatoms. The Morgan fingerprint density at radius 1 is 1.40 bits per heavy atom. The largest absolute Gasteiger partial charge is 0.271 e. The van der Waals surface area contributed by atoms with Crippen LogP contribution in [0.5, 0.6) is 0 Å². The van der Waals surface area contributed by atoms with Crippen LogP contribution in [0.15, 0.2) is 29.6 Å². The van der Waals surface area contributed by atoms with Crippen LogP contribution in [0.3, 0.4) is 0 Å². The van der Waals surface area contributed by atoms with E-state index in [1.807, 2.05) is 23.5 Å². The summed E-state index contributed by atoms with van der Waals surface area (Å²) in [6, 6.07) is 7.54. The van der Waals surface area contributed by atoms with Gasteiger partial charge in [0.25, 0.3) is 0 Å². The third kappa shape index (κ3) is 2.39. The molecule has 0 bridgehead atoms. The van der Waals surface area contributed by atoms with Crippen molar-refractivity contribution < 1.29 is 4.39 Å². The van der Waals surface area contributed by atoms with E-state index in [1.54, 1.807) is 6.92 Å². The van der Waals surface area contributed by atoms with Gasteiger partial charge in [0, 0.05) is 10.8 Å². The van der Waals surface area contributed by atoms with E-state index in [4.69, 9.17) is 5.84 Å². The maximum Gasteiger partial charge on any atom is 0.126 e. The Hall–Kier alpha value is -1.23. The number of benzene rings is 1. The summed E-state index contributed by atoms with van der Waals surface area (Å²) in [5, 5.41) is 2.16. The molecule has 20 heavy (non-hydrogen) atoms. The second-order valence-corrected chi connectivity index (χ2v) is 6.45.